The van der Waals surface area contributed by atoms with E-state index in [4.69, 9.17) is 0 Å². The molecular formula is C11H10O3S. The van der Waals surface area contributed by atoms with Gasteiger partial charge in [0, 0.05) is 6.42 Å². The summed E-state index contributed by atoms with van der Waals surface area (Å²) in [6.45, 7) is 0. The molecule has 15 heavy (non-hydrogen) atoms. The van der Waals surface area contributed by atoms with Crippen molar-refractivity contribution in [2.24, 2.45) is 0 Å². The summed E-state index contributed by atoms with van der Waals surface area (Å²) >= 11 is 0. The molecule has 2 rings (SSSR count). The molecule has 0 unspecified atom stereocenters. The van der Waals surface area contributed by atoms with Gasteiger partial charge in [0.2, 0.25) is 0 Å². The fourth-order valence-corrected chi connectivity index (χ4v) is 2.89. The molecular weight excluding hydrogens is 212 g/mol. The Morgan fingerprint density at radius 1 is 1.13 bits per heavy atom. The van der Waals surface area contributed by atoms with Crippen molar-refractivity contribution in [3.05, 3.63) is 46.9 Å². The minimum Gasteiger partial charge on any atom is -0.294 e. The Morgan fingerprint density at radius 2 is 1.80 bits per heavy atom. The number of hydrogen-bond acceptors (Lipinski definition) is 3. The average molecular weight is 222 g/mol. The van der Waals surface area contributed by atoms with E-state index in [0.717, 1.165) is 5.56 Å². The lowest BCUT2D eigenvalue weighted by molar-refractivity contribution is -0.112. The number of benzene rings is 1. The largest absolute Gasteiger partial charge is 0.294 e. The lowest BCUT2D eigenvalue weighted by Gasteiger charge is -2.01. The Hall–Kier alpha value is -1.42. The van der Waals surface area contributed by atoms with Gasteiger partial charge in [0.1, 0.15) is 5.75 Å². The SMILES string of the molecule is O=C1C=C(Cc2ccccc2)S(=O)(=O)C1. The first-order valence-corrected chi connectivity index (χ1v) is 6.23. The minimum atomic E-state index is -3.32. The van der Waals surface area contributed by atoms with Gasteiger partial charge in [-0.2, -0.15) is 0 Å². The number of rotatable bonds is 2. The normalized spacial score (nSPS) is 18.9. The molecule has 1 heterocycles. The van der Waals surface area contributed by atoms with E-state index in [1.54, 1.807) is 0 Å². The molecule has 0 radical (unpaired) electrons. The topological polar surface area (TPSA) is 51.2 Å². The van der Waals surface area contributed by atoms with Gasteiger partial charge in [-0.3, -0.25) is 4.79 Å². The van der Waals surface area contributed by atoms with E-state index < -0.39 is 9.84 Å². The Balaban J connectivity index is 2.28. The maximum absolute atomic E-state index is 11.5. The molecule has 1 aliphatic rings. The lowest BCUT2D eigenvalue weighted by Crippen LogP contribution is -2.07. The molecule has 0 saturated carbocycles. The molecule has 0 aliphatic carbocycles. The zero-order chi connectivity index (χ0) is 10.9. The van der Waals surface area contributed by atoms with Crippen molar-refractivity contribution in [1.29, 1.82) is 0 Å². The van der Waals surface area contributed by atoms with Crippen LogP contribution in [0.25, 0.3) is 0 Å². The quantitative estimate of drug-likeness (QED) is 0.753. The van der Waals surface area contributed by atoms with Crippen LogP contribution in [0.15, 0.2) is 41.3 Å². The summed E-state index contributed by atoms with van der Waals surface area (Å²) in [6, 6.07) is 9.25. The molecule has 0 N–H and O–H groups in total. The highest BCUT2D eigenvalue weighted by molar-refractivity contribution is 7.96. The van der Waals surface area contributed by atoms with Gasteiger partial charge >= 0.3 is 0 Å². The smallest absolute Gasteiger partial charge is 0.182 e. The molecule has 0 amide bonds. The standard InChI is InChI=1S/C11H10O3S/c12-10-7-11(15(13,14)8-10)6-9-4-2-1-3-5-9/h1-5,7H,6,8H2. The maximum atomic E-state index is 11.5. The first-order chi connectivity index (χ1) is 7.08. The number of allylic oxidation sites excluding steroid dienone is 2. The van der Waals surface area contributed by atoms with Crippen molar-refractivity contribution in [3.8, 4) is 0 Å². The van der Waals surface area contributed by atoms with Crippen LogP contribution >= 0.6 is 0 Å². The van der Waals surface area contributed by atoms with Crippen molar-refractivity contribution in [3.63, 3.8) is 0 Å². The molecule has 1 aromatic rings. The molecule has 0 spiro atoms. The van der Waals surface area contributed by atoms with Gasteiger partial charge in [-0.15, -0.1) is 0 Å². The Morgan fingerprint density at radius 3 is 2.33 bits per heavy atom. The van der Waals surface area contributed by atoms with Gasteiger partial charge in [-0.1, -0.05) is 30.3 Å². The summed E-state index contributed by atoms with van der Waals surface area (Å²) in [4.78, 5) is 11.2. The second-order valence-corrected chi connectivity index (χ2v) is 5.54. The van der Waals surface area contributed by atoms with E-state index in [1.165, 1.54) is 6.08 Å². The number of sulfone groups is 1. The molecule has 3 nitrogen and oxygen atoms in total. The van der Waals surface area contributed by atoms with Crippen molar-refractivity contribution >= 4 is 15.6 Å². The maximum Gasteiger partial charge on any atom is 0.182 e. The molecule has 78 valence electrons. The van der Waals surface area contributed by atoms with Gasteiger partial charge in [0.05, 0.1) is 4.91 Å². The van der Waals surface area contributed by atoms with E-state index in [9.17, 15) is 13.2 Å². The van der Waals surface area contributed by atoms with E-state index in [0.29, 0.717) is 6.42 Å². The molecule has 0 aromatic heterocycles. The van der Waals surface area contributed by atoms with Gasteiger partial charge in [-0.25, -0.2) is 8.42 Å². The molecule has 1 aliphatic heterocycles. The van der Waals surface area contributed by atoms with Crippen molar-refractivity contribution in [2.75, 3.05) is 5.75 Å². The fourth-order valence-electron chi connectivity index (χ4n) is 1.55. The molecule has 0 atom stereocenters. The summed E-state index contributed by atoms with van der Waals surface area (Å²) in [7, 11) is -3.32. The fraction of sp³-hybridized carbons (Fsp3) is 0.182. The van der Waals surface area contributed by atoms with Crippen molar-refractivity contribution in [2.45, 2.75) is 6.42 Å². The number of carbonyl (C=O) groups is 1. The second-order valence-electron chi connectivity index (χ2n) is 3.50. The molecule has 1 aromatic carbocycles. The number of ketones is 1. The van der Waals surface area contributed by atoms with Crippen LogP contribution < -0.4 is 0 Å². The minimum absolute atomic E-state index is 0.235. The van der Waals surface area contributed by atoms with E-state index in [-0.39, 0.29) is 16.4 Å². The second kappa shape index (κ2) is 3.62. The Kier molecular flexibility index (Phi) is 2.44. The van der Waals surface area contributed by atoms with Crippen LogP contribution in [-0.2, 0) is 21.1 Å². The van der Waals surface area contributed by atoms with Crippen LogP contribution in [0.2, 0.25) is 0 Å². The highest BCUT2D eigenvalue weighted by atomic mass is 32.2. The van der Waals surface area contributed by atoms with E-state index in [1.807, 2.05) is 30.3 Å². The monoisotopic (exact) mass is 222 g/mol. The molecule has 4 heteroatoms. The average Bonchev–Trinajstić information content (AvgIpc) is 2.41. The third-order valence-electron chi connectivity index (χ3n) is 2.27. The predicted molar refractivity (Wildman–Crippen MR) is 57.0 cm³/mol. The van der Waals surface area contributed by atoms with Gasteiger partial charge in [0.25, 0.3) is 0 Å². The number of hydrogen-bond donors (Lipinski definition) is 0. The van der Waals surface area contributed by atoms with Gasteiger partial charge < -0.3 is 0 Å². The third kappa shape index (κ3) is 2.15. The van der Waals surface area contributed by atoms with Crippen LogP contribution in [0.3, 0.4) is 0 Å². The van der Waals surface area contributed by atoms with Crippen LogP contribution in [0.5, 0.6) is 0 Å². The summed E-state index contributed by atoms with van der Waals surface area (Å²) in [5.74, 6) is -0.684. The predicted octanol–water partition coefficient (Wildman–Crippen LogP) is 1.11. The van der Waals surface area contributed by atoms with Crippen LogP contribution in [0.1, 0.15) is 5.56 Å². The van der Waals surface area contributed by atoms with Gasteiger partial charge in [0.15, 0.2) is 15.6 Å². The lowest BCUT2D eigenvalue weighted by atomic mass is 10.1. The van der Waals surface area contributed by atoms with E-state index in [2.05, 4.69) is 0 Å². The number of carbonyl (C=O) groups excluding carboxylic acids is 1. The first kappa shape index (κ1) is 10.1. The highest BCUT2D eigenvalue weighted by Crippen LogP contribution is 2.20. The zero-order valence-electron chi connectivity index (χ0n) is 8.01. The van der Waals surface area contributed by atoms with Crippen LogP contribution in [0, 0.1) is 0 Å². The zero-order valence-corrected chi connectivity index (χ0v) is 8.83. The highest BCUT2D eigenvalue weighted by Gasteiger charge is 2.28. The summed E-state index contributed by atoms with van der Waals surface area (Å²) < 4.78 is 23.0. The van der Waals surface area contributed by atoms with E-state index >= 15 is 0 Å². The molecule has 0 saturated heterocycles. The van der Waals surface area contributed by atoms with Crippen molar-refractivity contribution in [1.82, 2.24) is 0 Å². The van der Waals surface area contributed by atoms with Crippen molar-refractivity contribution < 1.29 is 13.2 Å². The Bertz CT molecular complexity index is 512. The van der Waals surface area contributed by atoms with Gasteiger partial charge in [-0.05, 0) is 11.6 Å². The first-order valence-electron chi connectivity index (χ1n) is 4.58. The summed E-state index contributed by atoms with van der Waals surface area (Å²) in [5, 5.41) is 0. The Labute approximate surface area is 88.3 Å². The molecule has 0 fully saturated rings. The van der Waals surface area contributed by atoms with Crippen LogP contribution in [-0.4, -0.2) is 20.0 Å². The summed E-state index contributed by atoms with van der Waals surface area (Å²) in [5.41, 5.74) is 0.905. The third-order valence-corrected chi connectivity index (χ3v) is 4.00. The summed E-state index contributed by atoms with van der Waals surface area (Å²) in [6.07, 6.45) is 1.55. The van der Waals surface area contributed by atoms with Crippen LogP contribution in [0.4, 0.5) is 0 Å². The molecule has 0 bridgehead atoms.